The number of carbonyl (C=O) groups excluding carboxylic acids is 3. The molecule has 3 rings (SSSR count). The lowest BCUT2D eigenvalue weighted by molar-refractivity contribution is -0.132. The van der Waals surface area contributed by atoms with Crippen molar-refractivity contribution < 1.29 is 14.4 Å². The number of amides is 3. The zero-order chi connectivity index (χ0) is 22.4. The van der Waals surface area contributed by atoms with Crippen molar-refractivity contribution in [3.63, 3.8) is 0 Å². The van der Waals surface area contributed by atoms with E-state index in [4.69, 9.17) is 0 Å². The third-order valence-corrected chi connectivity index (χ3v) is 6.28. The van der Waals surface area contributed by atoms with Crippen molar-refractivity contribution in [3.8, 4) is 0 Å². The molecule has 0 aliphatic rings. The number of carbonyl (C=O) groups is 3. The van der Waals surface area contributed by atoms with Crippen LogP contribution >= 0.6 is 22.7 Å². The number of hydrogen-bond donors (Lipinski definition) is 2. The molecule has 1 aromatic carbocycles. The van der Waals surface area contributed by atoms with E-state index in [1.54, 1.807) is 12.4 Å². The molecule has 0 fully saturated rings. The second-order valence-electron chi connectivity index (χ2n) is 7.19. The van der Waals surface area contributed by atoms with Crippen LogP contribution in [0.3, 0.4) is 0 Å². The third kappa shape index (κ3) is 6.47. The zero-order valence-electron chi connectivity index (χ0n) is 17.6. The third-order valence-electron chi connectivity index (χ3n) is 4.60. The normalized spacial score (nSPS) is 10.5. The van der Waals surface area contributed by atoms with Gasteiger partial charge in [0.25, 0.3) is 0 Å². The maximum Gasteiger partial charge on any atom is 0.243 e. The van der Waals surface area contributed by atoms with Crippen molar-refractivity contribution in [1.29, 1.82) is 0 Å². The van der Waals surface area contributed by atoms with Crippen LogP contribution in [0.2, 0.25) is 0 Å². The van der Waals surface area contributed by atoms with E-state index in [0.717, 1.165) is 21.7 Å². The van der Waals surface area contributed by atoms with Crippen LogP contribution in [0.1, 0.15) is 21.7 Å². The number of rotatable bonds is 8. The van der Waals surface area contributed by atoms with Crippen molar-refractivity contribution in [2.24, 2.45) is 0 Å². The molecule has 7 nitrogen and oxygen atoms in total. The van der Waals surface area contributed by atoms with Gasteiger partial charge in [0.05, 0.1) is 25.1 Å². The van der Waals surface area contributed by atoms with Crippen LogP contribution in [0.5, 0.6) is 0 Å². The van der Waals surface area contributed by atoms with Gasteiger partial charge in [0.2, 0.25) is 17.7 Å². The van der Waals surface area contributed by atoms with Crippen molar-refractivity contribution in [2.75, 3.05) is 24.2 Å². The highest BCUT2D eigenvalue weighted by atomic mass is 32.1. The van der Waals surface area contributed by atoms with Crippen LogP contribution < -0.4 is 10.6 Å². The minimum absolute atomic E-state index is 0.0544. The second kappa shape index (κ2) is 10.3. The highest BCUT2D eigenvalue weighted by Crippen LogP contribution is 2.20. The monoisotopic (exact) mass is 456 g/mol. The van der Waals surface area contributed by atoms with Crippen molar-refractivity contribution in [1.82, 2.24) is 9.88 Å². The van der Waals surface area contributed by atoms with Gasteiger partial charge in [0.15, 0.2) is 5.13 Å². The number of aromatic nitrogens is 1. The molecule has 0 radical (unpaired) electrons. The molecule has 9 heteroatoms. The van der Waals surface area contributed by atoms with Gasteiger partial charge in [0.1, 0.15) is 0 Å². The second-order valence-corrected chi connectivity index (χ2v) is 9.08. The Bertz CT molecular complexity index is 1060. The maximum atomic E-state index is 12.5. The fraction of sp³-hybridized carbons (Fsp3) is 0.273. The lowest BCUT2D eigenvalue weighted by Crippen LogP contribution is -2.36. The van der Waals surface area contributed by atoms with E-state index in [9.17, 15) is 14.4 Å². The van der Waals surface area contributed by atoms with E-state index in [1.807, 2.05) is 49.6 Å². The Balaban J connectivity index is 1.49. The summed E-state index contributed by atoms with van der Waals surface area (Å²) in [6.45, 7) is 3.80. The van der Waals surface area contributed by atoms with E-state index in [-0.39, 0.29) is 30.7 Å². The van der Waals surface area contributed by atoms with Crippen LogP contribution in [0.4, 0.5) is 10.8 Å². The average molecular weight is 457 g/mol. The number of thiazole rings is 1. The van der Waals surface area contributed by atoms with Gasteiger partial charge in [-0.1, -0.05) is 24.3 Å². The highest BCUT2D eigenvalue weighted by molar-refractivity contribution is 7.14. The van der Waals surface area contributed by atoms with E-state index < -0.39 is 0 Å². The van der Waals surface area contributed by atoms with Gasteiger partial charge in [-0.3, -0.25) is 14.4 Å². The minimum atomic E-state index is -0.256. The molecule has 3 amide bonds. The number of nitrogens with zero attached hydrogens (tertiary/aromatic N) is 2. The molecule has 2 aromatic heterocycles. The molecule has 0 aliphatic carbocycles. The molecule has 0 unspecified atom stereocenters. The Labute approximate surface area is 189 Å². The molecular weight excluding hydrogens is 432 g/mol. The summed E-state index contributed by atoms with van der Waals surface area (Å²) in [4.78, 5) is 43.6. The largest absolute Gasteiger partial charge is 0.336 e. The predicted octanol–water partition coefficient (Wildman–Crippen LogP) is 3.64. The van der Waals surface area contributed by atoms with Crippen LogP contribution in [0.15, 0.2) is 41.1 Å². The molecule has 162 valence electrons. The van der Waals surface area contributed by atoms with E-state index >= 15 is 0 Å². The summed E-state index contributed by atoms with van der Waals surface area (Å²) in [6, 6.07) is 9.59. The first kappa shape index (κ1) is 22.6. The van der Waals surface area contributed by atoms with Crippen molar-refractivity contribution >= 4 is 51.2 Å². The lowest BCUT2D eigenvalue weighted by Gasteiger charge is -2.17. The Morgan fingerprint density at radius 2 is 1.71 bits per heavy atom. The highest BCUT2D eigenvalue weighted by Gasteiger charge is 2.17. The number of hydrogen-bond acceptors (Lipinski definition) is 6. The van der Waals surface area contributed by atoms with Crippen LogP contribution in [0, 0.1) is 13.8 Å². The fourth-order valence-electron chi connectivity index (χ4n) is 2.96. The Morgan fingerprint density at radius 3 is 2.39 bits per heavy atom. The SMILES string of the molecule is Cc1cccc(C)c1NC(=O)CN(C)C(=O)Cc1csc(NC(=O)Cc2cccs2)n1. The van der Waals surface area contributed by atoms with E-state index in [2.05, 4.69) is 15.6 Å². The molecule has 2 heterocycles. The fourth-order valence-corrected chi connectivity index (χ4v) is 4.39. The number of benzene rings is 1. The van der Waals surface area contributed by atoms with Gasteiger partial charge in [-0.15, -0.1) is 22.7 Å². The molecule has 0 saturated heterocycles. The number of para-hydroxylation sites is 1. The number of thiophene rings is 1. The Hall–Kier alpha value is -3.04. The summed E-state index contributed by atoms with van der Waals surface area (Å²) >= 11 is 2.80. The number of anilines is 2. The zero-order valence-corrected chi connectivity index (χ0v) is 19.2. The first-order valence-corrected chi connectivity index (χ1v) is 11.4. The number of likely N-dealkylation sites (N-methyl/N-ethyl adjacent to an activating group) is 1. The summed E-state index contributed by atoms with van der Waals surface area (Å²) in [5, 5.41) is 9.76. The summed E-state index contributed by atoms with van der Waals surface area (Å²) in [6.07, 6.45) is 0.355. The number of nitrogens with one attached hydrogen (secondary N) is 2. The number of aryl methyl sites for hydroxylation is 2. The topological polar surface area (TPSA) is 91.4 Å². The molecule has 0 aliphatic heterocycles. The van der Waals surface area contributed by atoms with Crippen molar-refractivity contribution in [3.05, 3.63) is 62.8 Å². The molecule has 2 N–H and O–H groups in total. The molecule has 0 bridgehead atoms. The Kier molecular flexibility index (Phi) is 7.54. The molecule has 31 heavy (non-hydrogen) atoms. The first-order chi connectivity index (χ1) is 14.8. The van der Waals surface area contributed by atoms with Gasteiger partial charge in [0, 0.05) is 23.0 Å². The summed E-state index contributed by atoms with van der Waals surface area (Å²) in [5.41, 5.74) is 3.27. The molecule has 0 atom stereocenters. The molecule has 3 aromatic rings. The predicted molar refractivity (Wildman–Crippen MR) is 125 cm³/mol. The van der Waals surface area contributed by atoms with Gasteiger partial charge in [-0.2, -0.15) is 0 Å². The molecule has 0 saturated carbocycles. The van der Waals surface area contributed by atoms with Gasteiger partial charge >= 0.3 is 0 Å². The maximum absolute atomic E-state index is 12.5. The van der Waals surface area contributed by atoms with Crippen molar-refractivity contribution in [2.45, 2.75) is 26.7 Å². The molecular formula is C22H24N4O3S2. The van der Waals surface area contributed by atoms with Gasteiger partial charge in [-0.05, 0) is 36.4 Å². The van der Waals surface area contributed by atoms with Crippen LogP contribution in [-0.2, 0) is 27.2 Å². The molecule has 0 spiro atoms. The smallest absolute Gasteiger partial charge is 0.243 e. The van der Waals surface area contributed by atoms with Crippen LogP contribution in [-0.4, -0.2) is 41.2 Å². The van der Waals surface area contributed by atoms with E-state index in [1.165, 1.54) is 27.6 Å². The lowest BCUT2D eigenvalue weighted by atomic mass is 10.1. The first-order valence-electron chi connectivity index (χ1n) is 9.68. The summed E-state index contributed by atoms with van der Waals surface area (Å²) in [7, 11) is 1.59. The average Bonchev–Trinajstić information content (AvgIpc) is 3.37. The summed E-state index contributed by atoms with van der Waals surface area (Å²) in [5.74, 6) is -0.624. The standard InChI is InChI=1S/C22H24N4O3S2/c1-14-6-4-7-15(2)21(14)24-19(28)12-26(3)20(29)10-16-13-31-22(23-16)25-18(27)11-17-8-5-9-30-17/h4-9,13H,10-12H2,1-3H3,(H,24,28)(H,23,25,27). The van der Waals surface area contributed by atoms with Gasteiger partial charge < -0.3 is 15.5 Å². The quantitative estimate of drug-likeness (QED) is 0.541. The summed E-state index contributed by atoms with van der Waals surface area (Å²) < 4.78 is 0. The van der Waals surface area contributed by atoms with E-state index in [0.29, 0.717) is 17.2 Å². The Morgan fingerprint density at radius 1 is 0.968 bits per heavy atom. The van der Waals surface area contributed by atoms with Gasteiger partial charge in [-0.25, -0.2) is 4.98 Å². The minimum Gasteiger partial charge on any atom is -0.336 e. The van der Waals surface area contributed by atoms with Crippen LogP contribution in [0.25, 0.3) is 0 Å².